The Kier molecular flexibility index (Phi) is 4.94. The lowest BCUT2D eigenvalue weighted by atomic mass is 9.87. The Morgan fingerprint density at radius 2 is 1.92 bits per heavy atom. The summed E-state index contributed by atoms with van der Waals surface area (Å²) in [7, 11) is 0. The van der Waals surface area contributed by atoms with Gasteiger partial charge in [0, 0.05) is 41.7 Å². The van der Waals surface area contributed by atoms with Crippen LogP contribution in [-0.2, 0) is 0 Å². The van der Waals surface area contributed by atoms with Crippen molar-refractivity contribution in [2.24, 2.45) is 0 Å². The van der Waals surface area contributed by atoms with Crippen LogP contribution in [0.15, 0.2) is 48.5 Å². The number of carbonyl (C=O) groups excluding carboxylic acids is 1. The van der Waals surface area contributed by atoms with Gasteiger partial charge in [0.1, 0.15) is 5.82 Å². The molecule has 2 aromatic rings. The lowest BCUT2D eigenvalue weighted by Gasteiger charge is -2.32. The van der Waals surface area contributed by atoms with Gasteiger partial charge in [-0.05, 0) is 48.7 Å². The molecular formula is C20H21ClFN3O. The fourth-order valence-electron chi connectivity index (χ4n) is 4.13. The fourth-order valence-corrected chi connectivity index (χ4v) is 4.26. The van der Waals surface area contributed by atoms with E-state index in [9.17, 15) is 9.18 Å². The molecule has 0 aromatic heterocycles. The number of hydrazine groups is 1. The van der Waals surface area contributed by atoms with Crippen molar-refractivity contribution in [3.63, 3.8) is 0 Å². The van der Waals surface area contributed by atoms with E-state index in [1.165, 1.54) is 6.07 Å². The number of amides is 1. The van der Waals surface area contributed by atoms with E-state index in [0.717, 1.165) is 12.8 Å². The predicted molar refractivity (Wildman–Crippen MR) is 99.6 cm³/mol. The summed E-state index contributed by atoms with van der Waals surface area (Å²) >= 11 is 5.93. The van der Waals surface area contributed by atoms with Gasteiger partial charge in [-0.15, -0.1) is 0 Å². The zero-order valence-corrected chi connectivity index (χ0v) is 15.0. The quantitative estimate of drug-likeness (QED) is 0.867. The second-order valence-corrected chi connectivity index (χ2v) is 7.33. The molecule has 2 saturated heterocycles. The van der Waals surface area contributed by atoms with Gasteiger partial charge >= 0.3 is 0 Å². The van der Waals surface area contributed by atoms with Crippen LogP contribution in [0.4, 0.5) is 4.39 Å². The molecule has 2 aliphatic rings. The average Bonchev–Trinajstić information content (AvgIpc) is 3.31. The van der Waals surface area contributed by atoms with Gasteiger partial charge in [-0.2, -0.15) is 0 Å². The molecule has 26 heavy (non-hydrogen) atoms. The SMILES string of the molecule is O=C(c1ccc(Cl)cc1)N1CCCC1C1NNCC1c1ccccc1F. The summed E-state index contributed by atoms with van der Waals surface area (Å²) in [5, 5.41) is 0.612. The van der Waals surface area contributed by atoms with Gasteiger partial charge in [0.2, 0.25) is 0 Å². The number of halogens is 2. The van der Waals surface area contributed by atoms with E-state index in [1.54, 1.807) is 30.3 Å². The highest BCUT2D eigenvalue weighted by atomic mass is 35.5. The summed E-state index contributed by atoms with van der Waals surface area (Å²) < 4.78 is 14.3. The molecule has 3 unspecified atom stereocenters. The molecule has 0 radical (unpaired) electrons. The first-order valence-corrected chi connectivity index (χ1v) is 9.32. The molecular weight excluding hydrogens is 353 g/mol. The number of hydrogen-bond donors (Lipinski definition) is 2. The molecule has 0 spiro atoms. The molecule has 3 atom stereocenters. The van der Waals surface area contributed by atoms with Crippen LogP contribution in [0, 0.1) is 5.82 Å². The molecule has 136 valence electrons. The average molecular weight is 374 g/mol. The molecule has 2 N–H and O–H groups in total. The topological polar surface area (TPSA) is 44.4 Å². The van der Waals surface area contributed by atoms with E-state index in [4.69, 9.17) is 11.6 Å². The first-order valence-electron chi connectivity index (χ1n) is 8.94. The van der Waals surface area contributed by atoms with Gasteiger partial charge in [0.15, 0.2) is 0 Å². The minimum atomic E-state index is -0.193. The van der Waals surface area contributed by atoms with E-state index in [-0.39, 0.29) is 29.7 Å². The van der Waals surface area contributed by atoms with Crippen LogP contribution in [0.25, 0.3) is 0 Å². The van der Waals surface area contributed by atoms with Crippen molar-refractivity contribution in [2.75, 3.05) is 13.1 Å². The van der Waals surface area contributed by atoms with Crippen LogP contribution in [0.2, 0.25) is 5.02 Å². The second-order valence-electron chi connectivity index (χ2n) is 6.89. The number of rotatable bonds is 3. The van der Waals surface area contributed by atoms with Gasteiger partial charge < -0.3 is 4.90 Å². The highest BCUT2D eigenvalue weighted by Crippen LogP contribution is 2.33. The zero-order valence-electron chi connectivity index (χ0n) is 14.3. The first-order chi connectivity index (χ1) is 12.6. The molecule has 6 heteroatoms. The van der Waals surface area contributed by atoms with Crippen LogP contribution in [0.1, 0.15) is 34.7 Å². The minimum absolute atomic E-state index is 0.00477. The van der Waals surface area contributed by atoms with Crippen molar-refractivity contribution >= 4 is 17.5 Å². The third-order valence-corrected chi connectivity index (χ3v) is 5.65. The Balaban J connectivity index is 1.58. The molecule has 2 heterocycles. The molecule has 0 saturated carbocycles. The molecule has 4 nitrogen and oxygen atoms in total. The van der Waals surface area contributed by atoms with Crippen molar-refractivity contribution in [2.45, 2.75) is 30.8 Å². The zero-order chi connectivity index (χ0) is 18.1. The van der Waals surface area contributed by atoms with Gasteiger partial charge in [-0.25, -0.2) is 4.39 Å². The van der Waals surface area contributed by atoms with E-state index in [1.807, 2.05) is 17.0 Å². The van der Waals surface area contributed by atoms with E-state index >= 15 is 0 Å². The summed E-state index contributed by atoms with van der Waals surface area (Å²) in [4.78, 5) is 14.9. The third-order valence-electron chi connectivity index (χ3n) is 5.39. The van der Waals surface area contributed by atoms with E-state index in [0.29, 0.717) is 29.2 Å². The third kappa shape index (κ3) is 3.22. The Bertz CT molecular complexity index is 798. The number of benzene rings is 2. The van der Waals surface area contributed by atoms with Crippen LogP contribution in [0.5, 0.6) is 0 Å². The smallest absolute Gasteiger partial charge is 0.254 e. The number of hydrogen-bond acceptors (Lipinski definition) is 3. The molecule has 0 bridgehead atoms. The number of likely N-dealkylation sites (tertiary alicyclic amines) is 1. The van der Waals surface area contributed by atoms with Crippen LogP contribution < -0.4 is 10.9 Å². The minimum Gasteiger partial charge on any atom is -0.334 e. The number of nitrogens with one attached hydrogen (secondary N) is 2. The van der Waals surface area contributed by atoms with Gasteiger partial charge in [0.25, 0.3) is 5.91 Å². The van der Waals surface area contributed by atoms with Gasteiger partial charge in [-0.1, -0.05) is 29.8 Å². The van der Waals surface area contributed by atoms with Crippen molar-refractivity contribution in [3.8, 4) is 0 Å². The summed E-state index contributed by atoms with van der Waals surface area (Å²) in [6.07, 6.45) is 1.86. The van der Waals surface area contributed by atoms with Gasteiger partial charge in [0.05, 0.1) is 0 Å². The standard InChI is InChI=1S/C20H21ClFN3O/c21-14-9-7-13(8-10-14)20(26)25-11-3-6-18(25)19-16(12-23-24-19)15-4-1-2-5-17(15)22/h1-2,4-5,7-10,16,18-19,23-24H,3,6,11-12H2. The van der Waals surface area contributed by atoms with Crippen molar-refractivity contribution in [1.29, 1.82) is 0 Å². The monoisotopic (exact) mass is 373 g/mol. The van der Waals surface area contributed by atoms with Crippen molar-refractivity contribution < 1.29 is 9.18 Å². The van der Waals surface area contributed by atoms with Crippen molar-refractivity contribution in [3.05, 3.63) is 70.5 Å². The summed E-state index contributed by atoms with van der Waals surface area (Å²) in [6.45, 7) is 1.36. The van der Waals surface area contributed by atoms with Crippen LogP contribution in [-0.4, -0.2) is 36.0 Å². The summed E-state index contributed by atoms with van der Waals surface area (Å²) in [5.74, 6) is -0.202. The Morgan fingerprint density at radius 3 is 2.69 bits per heavy atom. The first kappa shape index (κ1) is 17.5. The Morgan fingerprint density at radius 1 is 1.15 bits per heavy atom. The van der Waals surface area contributed by atoms with Crippen molar-refractivity contribution in [1.82, 2.24) is 15.8 Å². The Labute approximate surface area is 157 Å². The van der Waals surface area contributed by atoms with E-state index < -0.39 is 0 Å². The van der Waals surface area contributed by atoms with Crippen LogP contribution >= 0.6 is 11.6 Å². The number of nitrogens with zero attached hydrogens (tertiary/aromatic N) is 1. The molecule has 2 aromatic carbocycles. The Hall–Kier alpha value is -1.95. The number of carbonyl (C=O) groups is 1. The molecule has 0 aliphatic carbocycles. The summed E-state index contributed by atoms with van der Waals surface area (Å²) in [6, 6.07) is 13.9. The molecule has 2 aliphatic heterocycles. The predicted octanol–water partition coefficient (Wildman–Crippen LogP) is 3.34. The maximum Gasteiger partial charge on any atom is 0.254 e. The maximum atomic E-state index is 14.3. The highest BCUT2D eigenvalue weighted by molar-refractivity contribution is 6.30. The molecule has 2 fully saturated rings. The lowest BCUT2D eigenvalue weighted by Crippen LogP contribution is -2.50. The van der Waals surface area contributed by atoms with Gasteiger partial charge in [-0.3, -0.25) is 15.6 Å². The highest BCUT2D eigenvalue weighted by Gasteiger charge is 2.42. The largest absolute Gasteiger partial charge is 0.334 e. The maximum absolute atomic E-state index is 14.3. The molecule has 4 rings (SSSR count). The van der Waals surface area contributed by atoms with E-state index in [2.05, 4.69) is 10.9 Å². The molecule has 1 amide bonds. The van der Waals surface area contributed by atoms with Crippen LogP contribution in [0.3, 0.4) is 0 Å². The normalized spacial score (nSPS) is 25.6. The summed E-state index contributed by atoms with van der Waals surface area (Å²) in [5.41, 5.74) is 7.78. The lowest BCUT2D eigenvalue weighted by molar-refractivity contribution is 0.0704. The second kappa shape index (κ2) is 7.35. The fraction of sp³-hybridized carbons (Fsp3) is 0.350.